The maximum absolute atomic E-state index is 4.58. The summed E-state index contributed by atoms with van der Waals surface area (Å²) in [6, 6.07) is 2.23. The number of fused-ring (bicyclic) bond motifs is 1. The zero-order chi connectivity index (χ0) is 15.9. The lowest BCUT2D eigenvalue weighted by Crippen LogP contribution is -2.50. The SMILES string of the molecule is Cc1cc2c(N3CCN(CC4(C)CCNC4)CC3)ncnc2s1. The number of aromatic nitrogens is 2. The zero-order valence-corrected chi connectivity index (χ0v) is 14.8. The van der Waals surface area contributed by atoms with Gasteiger partial charge in [-0.3, -0.25) is 4.90 Å². The molecule has 5 nitrogen and oxygen atoms in total. The quantitative estimate of drug-likeness (QED) is 0.933. The van der Waals surface area contributed by atoms with Crippen molar-refractivity contribution in [3.05, 3.63) is 17.3 Å². The molecule has 4 rings (SSSR count). The molecule has 1 atom stereocenters. The number of aryl methyl sites for hydroxylation is 1. The molecule has 23 heavy (non-hydrogen) atoms. The van der Waals surface area contributed by atoms with Gasteiger partial charge in [-0.25, -0.2) is 9.97 Å². The summed E-state index contributed by atoms with van der Waals surface area (Å²) in [6.07, 6.45) is 3.01. The lowest BCUT2D eigenvalue weighted by atomic mass is 9.89. The Morgan fingerprint density at radius 1 is 1.26 bits per heavy atom. The third-order valence-electron chi connectivity index (χ3n) is 5.17. The Bertz CT molecular complexity index is 683. The normalized spacial score (nSPS) is 26.3. The van der Waals surface area contributed by atoms with Crippen LogP contribution in [0.15, 0.2) is 12.4 Å². The number of nitrogens with zero attached hydrogens (tertiary/aromatic N) is 4. The molecule has 124 valence electrons. The minimum atomic E-state index is 0.453. The van der Waals surface area contributed by atoms with E-state index < -0.39 is 0 Å². The largest absolute Gasteiger partial charge is 0.353 e. The molecule has 2 aliphatic heterocycles. The Balaban J connectivity index is 1.44. The van der Waals surface area contributed by atoms with Crippen molar-refractivity contribution >= 4 is 27.4 Å². The van der Waals surface area contributed by atoms with Crippen molar-refractivity contribution in [2.24, 2.45) is 5.41 Å². The molecule has 0 amide bonds. The van der Waals surface area contributed by atoms with Gasteiger partial charge in [0.2, 0.25) is 0 Å². The minimum absolute atomic E-state index is 0.453. The van der Waals surface area contributed by atoms with Crippen LogP contribution in [0.5, 0.6) is 0 Å². The van der Waals surface area contributed by atoms with Gasteiger partial charge in [-0.15, -0.1) is 11.3 Å². The van der Waals surface area contributed by atoms with E-state index in [4.69, 9.17) is 0 Å². The van der Waals surface area contributed by atoms with Gasteiger partial charge in [0.1, 0.15) is 17.0 Å². The number of hydrogen-bond donors (Lipinski definition) is 1. The van der Waals surface area contributed by atoms with Gasteiger partial charge in [-0.2, -0.15) is 0 Å². The lowest BCUT2D eigenvalue weighted by Gasteiger charge is -2.39. The number of nitrogens with one attached hydrogen (secondary N) is 1. The molecule has 1 unspecified atom stereocenters. The number of thiophene rings is 1. The number of hydrogen-bond acceptors (Lipinski definition) is 6. The van der Waals surface area contributed by atoms with E-state index in [0.29, 0.717) is 5.41 Å². The zero-order valence-electron chi connectivity index (χ0n) is 14.0. The van der Waals surface area contributed by atoms with Crippen LogP contribution in [0.2, 0.25) is 0 Å². The highest BCUT2D eigenvalue weighted by molar-refractivity contribution is 7.18. The first kappa shape index (κ1) is 15.3. The van der Waals surface area contributed by atoms with Crippen LogP contribution < -0.4 is 10.2 Å². The molecule has 0 radical (unpaired) electrons. The monoisotopic (exact) mass is 331 g/mol. The maximum atomic E-state index is 4.58. The predicted molar refractivity (Wildman–Crippen MR) is 96.4 cm³/mol. The van der Waals surface area contributed by atoms with Crippen molar-refractivity contribution in [1.82, 2.24) is 20.2 Å². The van der Waals surface area contributed by atoms with Gasteiger partial charge in [-0.05, 0) is 31.4 Å². The molecule has 2 fully saturated rings. The maximum Gasteiger partial charge on any atom is 0.140 e. The molecule has 0 aliphatic carbocycles. The summed E-state index contributed by atoms with van der Waals surface area (Å²) in [5.41, 5.74) is 0.453. The number of rotatable bonds is 3. The highest BCUT2D eigenvalue weighted by atomic mass is 32.1. The second-order valence-electron chi connectivity index (χ2n) is 7.27. The van der Waals surface area contributed by atoms with Crippen molar-refractivity contribution in [1.29, 1.82) is 0 Å². The second kappa shape index (κ2) is 6.00. The highest BCUT2D eigenvalue weighted by Crippen LogP contribution is 2.31. The standard InChI is InChI=1S/C17H25N5S/c1-13-9-14-15(19-12-20-16(14)23-13)22-7-5-21(6-8-22)11-17(2)3-4-18-10-17/h9,12,18H,3-8,10-11H2,1-2H3. The molecule has 1 N–H and O–H groups in total. The van der Waals surface area contributed by atoms with Gasteiger partial charge < -0.3 is 10.2 Å². The molecule has 2 aromatic rings. The average molecular weight is 331 g/mol. The molecule has 0 saturated carbocycles. The Morgan fingerprint density at radius 2 is 2.09 bits per heavy atom. The molecule has 0 aromatic carbocycles. The Labute approximate surface area is 141 Å². The molecule has 2 saturated heterocycles. The molecular weight excluding hydrogens is 306 g/mol. The van der Waals surface area contributed by atoms with E-state index in [1.807, 2.05) is 0 Å². The summed E-state index contributed by atoms with van der Waals surface area (Å²) in [4.78, 5) is 16.5. The third-order valence-corrected chi connectivity index (χ3v) is 6.12. The first-order valence-electron chi connectivity index (χ1n) is 8.52. The van der Waals surface area contributed by atoms with Crippen molar-refractivity contribution in [3.8, 4) is 0 Å². The van der Waals surface area contributed by atoms with Crippen LogP contribution in [-0.4, -0.2) is 60.7 Å². The van der Waals surface area contributed by atoms with Crippen molar-refractivity contribution in [2.45, 2.75) is 20.3 Å². The van der Waals surface area contributed by atoms with E-state index in [-0.39, 0.29) is 0 Å². The van der Waals surface area contributed by atoms with Crippen LogP contribution in [-0.2, 0) is 0 Å². The van der Waals surface area contributed by atoms with Crippen LogP contribution in [0.4, 0.5) is 5.82 Å². The van der Waals surface area contributed by atoms with E-state index in [0.717, 1.165) is 43.4 Å². The van der Waals surface area contributed by atoms with Gasteiger partial charge >= 0.3 is 0 Å². The summed E-state index contributed by atoms with van der Waals surface area (Å²) in [5.74, 6) is 1.12. The van der Waals surface area contributed by atoms with E-state index in [2.05, 4.69) is 45.0 Å². The van der Waals surface area contributed by atoms with Crippen molar-refractivity contribution in [2.75, 3.05) is 50.7 Å². The van der Waals surface area contributed by atoms with E-state index >= 15 is 0 Å². The first-order chi connectivity index (χ1) is 11.1. The molecule has 0 spiro atoms. The van der Waals surface area contributed by atoms with E-state index in [1.165, 1.54) is 29.8 Å². The lowest BCUT2D eigenvalue weighted by molar-refractivity contribution is 0.169. The summed E-state index contributed by atoms with van der Waals surface area (Å²) in [6.45, 7) is 12.5. The fraction of sp³-hybridized carbons (Fsp3) is 0.647. The van der Waals surface area contributed by atoms with Crippen LogP contribution in [0, 0.1) is 12.3 Å². The van der Waals surface area contributed by atoms with Gasteiger partial charge in [0, 0.05) is 44.1 Å². The number of piperazine rings is 1. The summed E-state index contributed by atoms with van der Waals surface area (Å²) in [7, 11) is 0. The molecule has 4 heterocycles. The molecule has 2 aliphatic rings. The Morgan fingerprint density at radius 3 is 2.83 bits per heavy atom. The van der Waals surface area contributed by atoms with Crippen LogP contribution >= 0.6 is 11.3 Å². The fourth-order valence-electron chi connectivity index (χ4n) is 3.88. The highest BCUT2D eigenvalue weighted by Gasteiger charge is 2.32. The van der Waals surface area contributed by atoms with E-state index in [1.54, 1.807) is 17.7 Å². The summed E-state index contributed by atoms with van der Waals surface area (Å²) < 4.78 is 0. The minimum Gasteiger partial charge on any atom is -0.353 e. The van der Waals surface area contributed by atoms with Gasteiger partial charge in [0.05, 0.1) is 5.39 Å². The van der Waals surface area contributed by atoms with Crippen LogP contribution in [0.3, 0.4) is 0 Å². The predicted octanol–water partition coefficient (Wildman–Crippen LogP) is 2.12. The molecule has 2 aromatic heterocycles. The van der Waals surface area contributed by atoms with Gasteiger partial charge in [0.25, 0.3) is 0 Å². The van der Waals surface area contributed by atoms with Gasteiger partial charge in [0.15, 0.2) is 0 Å². The summed E-state index contributed by atoms with van der Waals surface area (Å²) >= 11 is 1.76. The second-order valence-corrected chi connectivity index (χ2v) is 8.51. The van der Waals surface area contributed by atoms with E-state index in [9.17, 15) is 0 Å². The summed E-state index contributed by atoms with van der Waals surface area (Å²) in [5, 5.41) is 4.72. The fourth-order valence-corrected chi connectivity index (χ4v) is 4.72. The smallest absolute Gasteiger partial charge is 0.140 e. The van der Waals surface area contributed by atoms with Gasteiger partial charge in [-0.1, -0.05) is 6.92 Å². The Kier molecular flexibility index (Phi) is 3.99. The third kappa shape index (κ3) is 3.07. The van der Waals surface area contributed by atoms with Crippen molar-refractivity contribution < 1.29 is 0 Å². The topological polar surface area (TPSA) is 44.3 Å². The first-order valence-corrected chi connectivity index (χ1v) is 9.34. The number of anilines is 1. The Hall–Kier alpha value is -1.24. The molecular formula is C17H25N5S. The molecule has 0 bridgehead atoms. The van der Waals surface area contributed by atoms with Crippen LogP contribution in [0.1, 0.15) is 18.2 Å². The average Bonchev–Trinajstić information content (AvgIpc) is 3.12. The molecule has 6 heteroatoms. The van der Waals surface area contributed by atoms with Crippen molar-refractivity contribution in [3.63, 3.8) is 0 Å². The van der Waals surface area contributed by atoms with Crippen LogP contribution in [0.25, 0.3) is 10.2 Å².